The van der Waals surface area contributed by atoms with E-state index in [9.17, 15) is 0 Å². The number of nitrogens with zero attached hydrogens (tertiary/aromatic N) is 4. The van der Waals surface area contributed by atoms with E-state index < -0.39 is 0 Å². The number of hydrogen-bond acceptors (Lipinski definition) is 5. The van der Waals surface area contributed by atoms with E-state index in [1.54, 1.807) is 18.3 Å². The number of rotatable bonds is 5. The standard InChI is InChI=1S/C14H15ClN4O/c1-3-14(2,6-7-16)9-11-18-13(19-20-11)12-10(15)5-4-8-17-12/h4-5,8H,3,6,9H2,1-2H3. The molecular weight excluding hydrogens is 276 g/mol. The molecule has 0 radical (unpaired) electrons. The Bertz CT molecular complexity index is 634. The maximum absolute atomic E-state index is 8.89. The van der Waals surface area contributed by atoms with Gasteiger partial charge in [-0.1, -0.05) is 30.6 Å². The van der Waals surface area contributed by atoms with E-state index in [0.29, 0.717) is 35.3 Å². The number of hydrogen-bond donors (Lipinski definition) is 0. The van der Waals surface area contributed by atoms with Gasteiger partial charge in [0.2, 0.25) is 11.7 Å². The smallest absolute Gasteiger partial charge is 0.227 e. The maximum atomic E-state index is 8.89. The molecule has 0 aliphatic heterocycles. The van der Waals surface area contributed by atoms with Crippen LogP contribution in [0.3, 0.4) is 0 Å². The fourth-order valence-electron chi connectivity index (χ4n) is 1.84. The predicted molar refractivity (Wildman–Crippen MR) is 74.9 cm³/mol. The zero-order valence-electron chi connectivity index (χ0n) is 11.4. The fourth-order valence-corrected chi connectivity index (χ4v) is 2.05. The predicted octanol–water partition coefficient (Wildman–Crippen LogP) is 3.66. The van der Waals surface area contributed by atoms with Gasteiger partial charge >= 0.3 is 0 Å². The summed E-state index contributed by atoms with van der Waals surface area (Å²) in [6.45, 7) is 4.08. The van der Waals surface area contributed by atoms with Crippen LogP contribution in [-0.4, -0.2) is 15.1 Å². The summed E-state index contributed by atoms with van der Waals surface area (Å²) < 4.78 is 5.25. The van der Waals surface area contributed by atoms with Crippen molar-refractivity contribution in [3.05, 3.63) is 29.2 Å². The highest BCUT2D eigenvalue weighted by Crippen LogP contribution is 2.30. The monoisotopic (exact) mass is 290 g/mol. The van der Waals surface area contributed by atoms with Crippen molar-refractivity contribution >= 4 is 11.6 Å². The zero-order chi connectivity index (χ0) is 14.6. The average Bonchev–Trinajstić information content (AvgIpc) is 2.87. The number of nitriles is 1. The largest absolute Gasteiger partial charge is 0.339 e. The molecule has 0 amide bonds. The highest BCUT2D eigenvalue weighted by Gasteiger charge is 2.26. The Morgan fingerprint density at radius 1 is 1.50 bits per heavy atom. The third-order valence-electron chi connectivity index (χ3n) is 3.38. The van der Waals surface area contributed by atoms with E-state index in [0.717, 1.165) is 6.42 Å². The normalized spacial score (nSPS) is 13.7. The zero-order valence-corrected chi connectivity index (χ0v) is 12.2. The number of halogens is 1. The molecule has 0 bridgehead atoms. The molecule has 0 saturated heterocycles. The molecular formula is C14H15ClN4O. The van der Waals surface area contributed by atoms with Gasteiger partial charge in [-0.05, 0) is 24.0 Å². The fraction of sp³-hybridized carbons (Fsp3) is 0.429. The van der Waals surface area contributed by atoms with Crippen molar-refractivity contribution in [2.24, 2.45) is 5.41 Å². The Kier molecular flexibility index (Phi) is 4.35. The molecule has 20 heavy (non-hydrogen) atoms. The van der Waals surface area contributed by atoms with Gasteiger partial charge in [-0.25, -0.2) is 0 Å². The van der Waals surface area contributed by atoms with E-state index in [-0.39, 0.29) is 5.41 Å². The molecule has 0 N–H and O–H groups in total. The average molecular weight is 291 g/mol. The van der Waals surface area contributed by atoms with Crippen LogP contribution in [0.5, 0.6) is 0 Å². The van der Waals surface area contributed by atoms with Crippen LogP contribution >= 0.6 is 11.6 Å². The van der Waals surface area contributed by atoms with Crippen molar-refractivity contribution in [1.29, 1.82) is 5.26 Å². The van der Waals surface area contributed by atoms with Crippen molar-refractivity contribution in [3.8, 4) is 17.6 Å². The number of pyridine rings is 1. The minimum Gasteiger partial charge on any atom is -0.339 e. The molecule has 2 rings (SSSR count). The van der Waals surface area contributed by atoms with Crippen molar-refractivity contribution < 1.29 is 4.52 Å². The summed E-state index contributed by atoms with van der Waals surface area (Å²) in [5.41, 5.74) is 0.342. The van der Waals surface area contributed by atoms with Crippen LogP contribution < -0.4 is 0 Å². The summed E-state index contributed by atoms with van der Waals surface area (Å²) in [4.78, 5) is 8.47. The molecule has 2 aromatic heterocycles. The van der Waals surface area contributed by atoms with Gasteiger partial charge in [-0.2, -0.15) is 10.2 Å². The molecule has 0 saturated carbocycles. The molecule has 5 nitrogen and oxygen atoms in total. The maximum Gasteiger partial charge on any atom is 0.227 e. The Hall–Kier alpha value is -1.93. The van der Waals surface area contributed by atoms with Gasteiger partial charge in [0.1, 0.15) is 5.69 Å². The summed E-state index contributed by atoms with van der Waals surface area (Å²) >= 11 is 6.05. The van der Waals surface area contributed by atoms with E-state index in [1.807, 2.05) is 13.8 Å². The lowest BCUT2D eigenvalue weighted by Crippen LogP contribution is -2.18. The first-order valence-electron chi connectivity index (χ1n) is 6.38. The second-order valence-electron chi connectivity index (χ2n) is 5.02. The summed E-state index contributed by atoms with van der Waals surface area (Å²) in [5.74, 6) is 0.877. The quantitative estimate of drug-likeness (QED) is 0.840. The minimum absolute atomic E-state index is 0.160. The van der Waals surface area contributed by atoms with Crippen LogP contribution in [0.25, 0.3) is 11.5 Å². The Morgan fingerprint density at radius 2 is 2.30 bits per heavy atom. The van der Waals surface area contributed by atoms with Crippen LogP contribution in [-0.2, 0) is 6.42 Å². The molecule has 1 unspecified atom stereocenters. The summed E-state index contributed by atoms with van der Waals surface area (Å²) in [6, 6.07) is 5.68. The summed E-state index contributed by atoms with van der Waals surface area (Å²) in [7, 11) is 0. The molecule has 0 aliphatic carbocycles. The lowest BCUT2D eigenvalue weighted by Gasteiger charge is -2.22. The molecule has 0 spiro atoms. The second kappa shape index (κ2) is 6.02. The minimum atomic E-state index is -0.160. The molecule has 104 valence electrons. The van der Waals surface area contributed by atoms with Crippen LogP contribution in [0.1, 0.15) is 32.6 Å². The first-order valence-corrected chi connectivity index (χ1v) is 6.76. The Labute approximate surface area is 122 Å². The first kappa shape index (κ1) is 14.5. The van der Waals surface area contributed by atoms with Gasteiger partial charge in [0.25, 0.3) is 0 Å². The van der Waals surface area contributed by atoms with Gasteiger partial charge in [-0.15, -0.1) is 0 Å². The third-order valence-corrected chi connectivity index (χ3v) is 3.68. The van der Waals surface area contributed by atoms with E-state index in [4.69, 9.17) is 21.4 Å². The topological polar surface area (TPSA) is 75.6 Å². The van der Waals surface area contributed by atoms with E-state index in [1.165, 1.54) is 0 Å². The van der Waals surface area contributed by atoms with Crippen LogP contribution in [0, 0.1) is 16.7 Å². The molecule has 2 heterocycles. The van der Waals surface area contributed by atoms with Crippen molar-refractivity contribution in [2.75, 3.05) is 0 Å². The Morgan fingerprint density at radius 3 is 2.95 bits per heavy atom. The first-order chi connectivity index (χ1) is 9.58. The van der Waals surface area contributed by atoms with Crippen molar-refractivity contribution in [3.63, 3.8) is 0 Å². The van der Waals surface area contributed by atoms with E-state index in [2.05, 4.69) is 21.2 Å². The van der Waals surface area contributed by atoms with Gasteiger partial charge < -0.3 is 4.52 Å². The van der Waals surface area contributed by atoms with Crippen LogP contribution in [0.15, 0.2) is 22.9 Å². The molecule has 6 heteroatoms. The molecule has 1 atom stereocenters. The van der Waals surface area contributed by atoms with Gasteiger partial charge in [0.15, 0.2) is 0 Å². The van der Waals surface area contributed by atoms with Gasteiger partial charge in [0, 0.05) is 19.0 Å². The Balaban J connectivity index is 2.22. The summed E-state index contributed by atoms with van der Waals surface area (Å²) in [5, 5.41) is 13.3. The second-order valence-corrected chi connectivity index (χ2v) is 5.43. The molecule has 2 aromatic rings. The lowest BCUT2D eigenvalue weighted by molar-refractivity contribution is 0.266. The van der Waals surface area contributed by atoms with Crippen LogP contribution in [0.4, 0.5) is 0 Å². The summed E-state index contributed by atoms with van der Waals surface area (Å²) in [6.07, 6.45) is 3.51. The molecule has 0 aromatic carbocycles. The van der Waals surface area contributed by atoms with Crippen LogP contribution in [0.2, 0.25) is 5.02 Å². The lowest BCUT2D eigenvalue weighted by atomic mass is 9.81. The highest BCUT2D eigenvalue weighted by atomic mass is 35.5. The number of aromatic nitrogens is 3. The van der Waals surface area contributed by atoms with Crippen molar-refractivity contribution in [2.45, 2.75) is 33.1 Å². The molecule has 0 aliphatic rings. The highest BCUT2D eigenvalue weighted by molar-refractivity contribution is 6.32. The van der Waals surface area contributed by atoms with Gasteiger partial charge in [0.05, 0.1) is 11.1 Å². The SMILES string of the molecule is CCC(C)(CC#N)Cc1nc(-c2ncccc2Cl)no1. The molecule has 0 fully saturated rings. The van der Waals surface area contributed by atoms with E-state index >= 15 is 0 Å². The van der Waals surface area contributed by atoms with Crippen molar-refractivity contribution in [1.82, 2.24) is 15.1 Å². The van der Waals surface area contributed by atoms with Gasteiger partial charge in [-0.3, -0.25) is 4.98 Å². The third kappa shape index (κ3) is 3.14.